The second-order valence-corrected chi connectivity index (χ2v) is 11.0. The monoisotopic (exact) mass is 494 g/mol. The van der Waals surface area contributed by atoms with Gasteiger partial charge in [-0.2, -0.15) is 0 Å². The van der Waals surface area contributed by atoms with E-state index in [2.05, 4.69) is 21.4 Å². The standard InChI is InChI=1S/C24H22N4O2S3/c1-14-5-3-6-16(9-14)21-20(27-15(2)33-21)24(30)28-13-31-11-17(28)10-25-23(29)18-7-4-8-19-22(18)32-12-26-19/h3-9,12,17H,10-11,13H2,1-2H3,(H,25,29)/t17-/m1/s1. The van der Waals surface area contributed by atoms with E-state index in [4.69, 9.17) is 0 Å². The Hall–Kier alpha value is -2.75. The van der Waals surface area contributed by atoms with Crippen LogP contribution in [-0.4, -0.2) is 50.9 Å². The van der Waals surface area contributed by atoms with Crippen molar-refractivity contribution in [2.75, 3.05) is 18.2 Å². The van der Waals surface area contributed by atoms with E-state index in [0.29, 0.717) is 23.7 Å². The number of carbonyl (C=O) groups excluding carboxylic acids is 2. The first-order valence-electron chi connectivity index (χ1n) is 10.5. The van der Waals surface area contributed by atoms with Gasteiger partial charge in [-0.05, 0) is 31.5 Å². The highest BCUT2D eigenvalue weighted by molar-refractivity contribution is 7.99. The molecule has 0 bridgehead atoms. The average Bonchev–Trinajstić information content (AvgIpc) is 3.55. The van der Waals surface area contributed by atoms with Gasteiger partial charge >= 0.3 is 0 Å². The number of benzene rings is 2. The summed E-state index contributed by atoms with van der Waals surface area (Å²) in [6.07, 6.45) is 0. The van der Waals surface area contributed by atoms with Gasteiger partial charge in [-0.3, -0.25) is 9.59 Å². The number of hydrogen-bond donors (Lipinski definition) is 1. The number of amides is 2. The summed E-state index contributed by atoms with van der Waals surface area (Å²) < 4.78 is 0.879. The average molecular weight is 495 g/mol. The molecule has 4 aromatic rings. The predicted octanol–water partition coefficient (Wildman–Crippen LogP) is 4.98. The number of rotatable bonds is 5. The van der Waals surface area contributed by atoms with Crippen LogP contribution >= 0.6 is 34.4 Å². The lowest BCUT2D eigenvalue weighted by Crippen LogP contribution is -2.44. The van der Waals surface area contributed by atoms with Crippen molar-refractivity contribution in [1.82, 2.24) is 20.2 Å². The second-order valence-electron chi connectivity index (χ2n) is 7.92. The minimum Gasteiger partial charge on any atom is -0.350 e. The molecule has 1 aliphatic rings. The van der Waals surface area contributed by atoms with Gasteiger partial charge in [0.05, 0.1) is 43.1 Å². The van der Waals surface area contributed by atoms with E-state index in [1.54, 1.807) is 28.6 Å². The van der Waals surface area contributed by atoms with Crippen molar-refractivity contribution in [1.29, 1.82) is 0 Å². The molecule has 3 heterocycles. The molecule has 0 saturated carbocycles. The third kappa shape index (κ3) is 4.40. The van der Waals surface area contributed by atoms with Crippen LogP contribution in [0.25, 0.3) is 20.7 Å². The zero-order chi connectivity index (χ0) is 22.9. The molecule has 0 unspecified atom stereocenters. The largest absolute Gasteiger partial charge is 0.350 e. The molecular formula is C24H22N4O2S3. The first-order chi connectivity index (χ1) is 16.0. The lowest BCUT2D eigenvalue weighted by Gasteiger charge is -2.24. The maximum Gasteiger partial charge on any atom is 0.275 e. The van der Waals surface area contributed by atoms with Crippen LogP contribution in [-0.2, 0) is 0 Å². The topological polar surface area (TPSA) is 75.2 Å². The Bertz CT molecular complexity index is 1350. The lowest BCUT2D eigenvalue weighted by molar-refractivity contribution is 0.0732. The minimum atomic E-state index is -0.140. The van der Waals surface area contributed by atoms with Gasteiger partial charge < -0.3 is 10.2 Å². The number of nitrogens with zero attached hydrogens (tertiary/aromatic N) is 3. The molecule has 168 valence electrons. The van der Waals surface area contributed by atoms with Crippen molar-refractivity contribution < 1.29 is 9.59 Å². The fourth-order valence-electron chi connectivity index (χ4n) is 3.94. The van der Waals surface area contributed by atoms with Gasteiger partial charge in [-0.25, -0.2) is 9.97 Å². The summed E-state index contributed by atoms with van der Waals surface area (Å²) in [6, 6.07) is 13.6. The molecule has 9 heteroatoms. The SMILES string of the molecule is Cc1cccc(-c2sc(C)nc2C(=O)N2CSC[C@H]2CNC(=O)c2cccc3ncsc23)c1. The Morgan fingerprint density at radius 1 is 1.18 bits per heavy atom. The highest BCUT2D eigenvalue weighted by Crippen LogP contribution is 2.33. The second kappa shape index (κ2) is 9.24. The maximum atomic E-state index is 13.5. The lowest BCUT2D eigenvalue weighted by atomic mass is 10.1. The molecule has 1 saturated heterocycles. The van der Waals surface area contributed by atoms with Crippen LogP contribution in [0.1, 0.15) is 31.4 Å². The summed E-state index contributed by atoms with van der Waals surface area (Å²) >= 11 is 4.70. The van der Waals surface area contributed by atoms with E-state index in [1.165, 1.54) is 11.3 Å². The van der Waals surface area contributed by atoms with Crippen molar-refractivity contribution >= 4 is 56.5 Å². The first kappa shape index (κ1) is 22.1. The van der Waals surface area contributed by atoms with Gasteiger partial charge in [0.1, 0.15) is 5.69 Å². The van der Waals surface area contributed by atoms with Gasteiger partial charge in [0, 0.05) is 12.3 Å². The Morgan fingerprint density at radius 3 is 2.88 bits per heavy atom. The van der Waals surface area contributed by atoms with E-state index < -0.39 is 0 Å². The van der Waals surface area contributed by atoms with Crippen LogP contribution in [0.5, 0.6) is 0 Å². The molecule has 2 aromatic heterocycles. The van der Waals surface area contributed by atoms with E-state index in [9.17, 15) is 9.59 Å². The van der Waals surface area contributed by atoms with Gasteiger partial charge in [-0.1, -0.05) is 35.9 Å². The molecule has 1 aliphatic heterocycles. The van der Waals surface area contributed by atoms with Crippen LogP contribution in [0, 0.1) is 13.8 Å². The Labute approximate surface area is 204 Å². The molecular weight excluding hydrogens is 472 g/mol. The zero-order valence-electron chi connectivity index (χ0n) is 18.2. The third-order valence-corrected chi connectivity index (χ3v) is 8.54. The molecule has 2 amide bonds. The highest BCUT2D eigenvalue weighted by Gasteiger charge is 2.33. The molecule has 0 aliphatic carbocycles. The number of thiazole rings is 2. The Kier molecular flexibility index (Phi) is 6.18. The number of hydrogen-bond acceptors (Lipinski definition) is 7. The van der Waals surface area contributed by atoms with Gasteiger partial charge in [-0.15, -0.1) is 34.4 Å². The molecule has 0 radical (unpaired) electrons. The molecule has 33 heavy (non-hydrogen) atoms. The number of thioether (sulfide) groups is 1. The van der Waals surface area contributed by atoms with Crippen LogP contribution in [0.2, 0.25) is 0 Å². The van der Waals surface area contributed by atoms with Crippen molar-refractivity contribution in [3.63, 3.8) is 0 Å². The number of carbonyl (C=O) groups is 2. The summed E-state index contributed by atoms with van der Waals surface area (Å²) in [5.74, 6) is 1.15. The van der Waals surface area contributed by atoms with E-state index >= 15 is 0 Å². The molecule has 1 fully saturated rings. The number of nitrogens with one attached hydrogen (secondary N) is 1. The van der Waals surface area contributed by atoms with Crippen LogP contribution in [0.3, 0.4) is 0 Å². The van der Waals surface area contributed by atoms with Gasteiger partial charge in [0.15, 0.2) is 0 Å². The van der Waals surface area contributed by atoms with Crippen LogP contribution in [0.4, 0.5) is 0 Å². The third-order valence-electron chi connectivity index (χ3n) is 5.56. The zero-order valence-corrected chi connectivity index (χ0v) is 20.6. The van der Waals surface area contributed by atoms with Crippen molar-refractivity contribution in [2.45, 2.75) is 19.9 Å². The van der Waals surface area contributed by atoms with Gasteiger partial charge in [0.2, 0.25) is 0 Å². The molecule has 1 atom stereocenters. The summed E-state index contributed by atoms with van der Waals surface area (Å²) in [5.41, 5.74) is 5.84. The first-order valence-corrected chi connectivity index (χ1v) is 13.4. The fraction of sp³-hybridized carbons (Fsp3) is 0.250. The van der Waals surface area contributed by atoms with Crippen molar-refractivity contribution in [3.8, 4) is 10.4 Å². The molecule has 0 spiro atoms. The van der Waals surface area contributed by atoms with Crippen molar-refractivity contribution in [3.05, 3.63) is 69.8 Å². The molecule has 1 N–H and O–H groups in total. The molecule has 5 rings (SSSR count). The van der Waals surface area contributed by atoms with E-state index in [1.807, 2.05) is 55.1 Å². The molecule has 2 aromatic carbocycles. The number of fused-ring (bicyclic) bond motifs is 1. The number of aromatic nitrogens is 2. The molecule has 6 nitrogen and oxygen atoms in total. The van der Waals surface area contributed by atoms with Crippen LogP contribution < -0.4 is 5.32 Å². The fourth-order valence-corrected chi connectivity index (χ4v) is 6.84. The minimum absolute atomic E-state index is 0.0790. The van der Waals surface area contributed by atoms with E-state index in [-0.39, 0.29) is 17.9 Å². The maximum absolute atomic E-state index is 13.5. The predicted molar refractivity (Wildman–Crippen MR) is 136 cm³/mol. The quantitative estimate of drug-likeness (QED) is 0.423. The van der Waals surface area contributed by atoms with Crippen LogP contribution in [0.15, 0.2) is 48.0 Å². The summed E-state index contributed by atoms with van der Waals surface area (Å²) in [4.78, 5) is 38.0. The summed E-state index contributed by atoms with van der Waals surface area (Å²) in [5, 5.41) is 3.90. The highest BCUT2D eigenvalue weighted by atomic mass is 32.2. The summed E-state index contributed by atoms with van der Waals surface area (Å²) in [7, 11) is 0. The normalized spacial score (nSPS) is 15.8. The number of aryl methyl sites for hydroxylation is 2. The van der Waals surface area contributed by atoms with E-state index in [0.717, 1.165) is 37.0 Å². The summed E-state index contributed by atoms with van der Waals surface area (Å²) in [6.45, 7) is 4.37. The van der Waals surface area contributed by atoms with Crippen molar-refractivity contribution in [2.24, 2.45) is 0 Å². The van der Waals surface area contributed by atoms with Gasteiger partial charge in [0.25, 0.3) is 11.8 Å². The Morgan fingerprint density at radius 2 is 2.03 bits per heavy atom. The Balaban J connectivity index is 1.34. The smallest absolute Gasteiger partial charge is 0.275 e.